The zero-order valence-corrected chi connectivity index (χ0v) is 14.6. The second kappa shape index (κ2) is 8.00. The second-order valence-corrected chi connectivity index (χ2v) is 6.04. The number of nitrogens with one attached hydrogen (secondary N) is 2. The van der Waals surface area contributed by atoms with Gasteiger partial charge in [0.05, 0.1) is 11.8 Å². The van der Waals surface area contributed by atoms with Crippen molar-refractivity contribution in [3.05, 3.63) is 39.5 Å². The monoisotopic (exact) mass is 423 g/mol. The Labute approximate surface area is 149 Å². The van der Waals surface area contributed by atoms with E-state index in [0.717, 1.165) is 12.5 Å². The van der Waals surface area contributed by atoms with Gasteiger partial charge in [0.1, 0.15) is 10.8 Å². The third kappa shape index (κ3) is 4.96. The van der Waals surface area contributed by atoms with E-state index in [1.54, 1.807) is 0 Å². The van der Waals surface area contributed by atoms with Gasteiger partial charge in [0.25, 0.3) is 0 Å². The van der Waals surface area contributed by atoms with Gasteiger partial charge in [-0.1, -0.05) is 27.5 Å². The maximum absolute atomic E-state index is 12.9. The zero-order chi connectivity index (χ0) is 17.7. The van der Waals surface area contributed by atoms with E-state index in [2.05, 4.69) is 36.5 Å². The Kier molecular flexibility index (Phi) is 6.25. The van der Waals surface area contributed by atoms with Gasteiger partial charge in [-0.2, -0.15) is 18.2 Å². The molecule has 130 valence electrons. The van der Waals surface area contributed by atoms with Crippen molar-refractivity contribution in [3.8, 4) is 0 Å². The third-order valence-corrected chi connectivity index (χ3v) is 3.91. The predicted molar refractivity (Wildman–Crippen MR) is 91.6 cm³/mol. The molecule has 4 N–H and O–H groups in total. The van der Waals surface area contributed by atoms with Crippen LogP contribution >= 0.6 is 27.5 Å². The minimum atomic E-state index is -4.47. The molecule has 2 rings (SSSR count). The SMILES string of the molecule is NCCCNc1nc(Nc2ccc(Br)c(C(F)(F)F)c2)ncc1Cl. The first-order chi connectivity index (χ1) is 11.3. The number of rotatable bonds is 6. The number of alkyl halides is 3. The molecule has 0 atom stereocenters. The van der Waals surface area contributed by atoms with E-state index in [-0.39, 0.29) is 16.1 Å². The summed E-state index contributed by atoms with van der Waals surface area (Å²) in [5.41, 5.74) is 4.83. The molecule has 0 aliphatic carbocycles. The summed E-state index contributed by atoms with van der Waals surface area (Å²) in [5.74, 6) is 0.515. The van der Waals surface area contributed by atoms with Crippen LogP contribution in [0.3, 0.4) is 0 Å². The molecule has 0 bridgehead atoms. The van der Waals surface area contributed by atoms with Gasteiger partial charge in [-0.05, 0) is 31.2 Å². The minimum Gasteiger partial charge on any atom is -0.369 e. The smallest absolute Gasteiger partial charge is 0.369 e. The van der Waals surface area contributed by atoms with Gasteiger partial charge in [-0.15, -0.1) is 0 Å². The lowest BCUT2D eigenvalue weighted by atomic mass is 10.2. The highest BCUT2D eigenvalue weighted by Gasteiger charge is 2.33. The molecule has 0 fully saturated rings. The first kappa shape index (κ1) is 18.8. The third-order valence-electron chi connectivity index (χ3n) is 2.95. The number of halogens is 5. The normalized spacial score (nSPS) is 11.4. The van der Waals surface area contributed by atoms with E-state index in [9.17, 15) is 13.2 Å². The molecular weight excluding hydrogens is 411 g/mol. The van der Waals surface area contributed by atoms with Gasteiger partial charge in [0.15, 0.2) is 0 Å². The topological polar surface area (TPSA) is 75.9 Å². The molecule has 10 heteroatoms. The van der Waals surface area contributed by atoms with Crippen molar-refractivity contribution in [3.63, 3.8) is 0 Å². The van der Waals surface area contributed by atoms with Crippen LogP contribution in [0.25, 0.3) is 0 Å². The van der Waals surface area contributed by atoms with E-state index < -0.39 is 11.7 Å². The van der Waals surface area contributed by atoms with Crippen molar-refractivity contribution in [1.29, 1.82) is 0 Å². The summed E-state index contributed by atoms with van der Waals surface area (Å²) in [6.45, 7) is 1.09. The maximum atomic E-state index is 12.9. The molecule has 1 aromatic carbocycles. The fraction of sp³-hybridized carbons (Fsp3) is 0.286. The van der Waals surface area contributed by atoms with Crippen LogP contribution < -0.4 is 16.4 Å². The fourth-order valence-corrected chi connectivity index (χ4v) is 2.44. The molecule has 0 amide bonds. The number of hydrogen-bond acceptors (Lipinski definition) is 5. The molecule has 1 heterocycles. The lowest BCUT2D eigenvalue weighted by Crippen LogP contribution is -2.11. The maximum Gasteiger partial charge on any atom is 0.417 e. The Morgan fingerprint density at radius 2 is 2.04 bits per heavy atom. The predicted octanol–water partition coefficient (Wildman–Crippen LogP) is 4.42. The van der Waals surface area contributed by atoms with Crippen LogP contribution in [0.5, 0.6) is 0 Å². The van der Waals surface area contributed by atoms with E-state index >= 15 is 0 Å². The second-order valence-electron chi connectivity index (χ2n) is 4.78. The summed E-state index contributed by atoms with van der Waals surface area (Å²) in [6.07, 6.45) is -2.37. The van der Waals surface area contributed by atoms with Crippen LogP contribution in [0.15, 0.2) is 28.9 Å². The number of nitrogens with zero attached hydrogens (tertiary/aromatic N) is 2. The largest absolute Gasteiger partial charge is 0.417 e. The number of benzene rings is 1. The van der Waals surface area contributed by atoms with E-state index in [1.807, 2.05) is 0 Å². The molecule has 0 saturated heterocycles. The Balaban J connectivity index is 2.20. The molecule has 0 aliphatic rings. The average Bonchev–Trinajstić information content (AvgIpc) is 2.51. The van der Waals surface area contributed by atoms with Gasteiger partial charge in [-0.3, -0.25) is 0 Å². The number of nitrogens with two attached hydrogens (primary N) is 1. The highest BCUT2D eigenvalue weighted by molar-refractivity contribution is 9.10. The Hall–Kier alpha value is -1.58. The lowest BCUT2D eigenvalue weighted by molar-refractivity contribution is -0.138. The fourth-order valence-electron chi connectivity index (χ4n) is 1.81. The highest BCUT2D eigenvalue weighted by atomic mass is 79.9. The molecule has 0 radical (unpaired) electrons. The van der Waals surface area contributed by atoms with Crippen LogP contribution in [0.2, 0.25) is 5.02 Å². The van der Waals surface area contributed by atoms with Crippen LogP contribution in [0.1, 0.15) is 12.0 Å². The molecule has 5 nitrogen and oxygen atoms in total. The molecule has 0 saturated carbocycles. The van der Waals surface area contributed by atoms with Crippen molar-refractivity contribution in [1.82, 2.24) is 9.97 Å². The van der Waals surface area contributed by atoms with Crippen LogP contribution in [0, 0.1) is 0 Å². The first-order valence-electron chi connectivity index (χ1n) is 6.91. The van der Waals surface area contributed by atoms with Crippen LogP contribution in [-0.2, 0) is 6.18 Å². The number of anilines is 3. The van der Waals surface area contributed by atoms with Crippen molar-refractivity contribution in [2.24, 2.45) is 5.73 Å². The molecule has 0 aliphatic heterocycles. The summed E-state index contributed by atoms with van der Waals surface area (Å²) in [4.78, 5) is 8.12. The average molecular weight is 425 g/mol. The van der Waals surface area contributed by atoms with Crippen molar-refractivity contribution < 1.29 is 13.2 Å². The summed E-state index contributed by atoms with van der Waals surface area (Å²) in [6, 6.07) is 3.77. The Morgan fingerprint density at radius 3 is 2.71 bits per heavy atom. The molecule has 1 aromatic heterocycles. The quantitative estimate of drug-likeness (QED) is 0.599. The molecule has 2 aromatic rings. The van der Waals surface area contributed by atoms with Crippen LogP contribution in [0.4, 0.5) is 30.6 Å². The van der Waals surface area contributed by atoms with E-state index in [0.29, 0.717) is 23.9 Å². The standard InChI is InChI=1S/C14H14BrClF3N5/c15-10-3-2-8(6-9(10)14(17,18)19)23-13-22-7-11(16)12(24-13)21-5-1-4-20/h2-3,6-7H,1,4-5,20H2,(H2,21,22,23,24). The van der Waals surface area contributed by atoms with Gasteiger partial charge in [0, 0.05) is 16.7 Å². The summed E-state index contributed by atoms with van der Waals surface area (Å²) in [5, 5.41) is 6.04. The summed E-state index contributed by atoms with van der Waals surface area (Å²) >= 11 is 8.87. The lowest BCUT2D eigenvalue weighted by Gasteiger charge is -2.13. The van der Waals surface area contributed by atoms with E-state index in [1.165, 1.54) is 18.3 Å². The van der Waals surface area contributed by atoms with Gasteiger partial charge in [0.2, 0.25) is 5.95 Å². The van der Waals surface area contributed by atoms with Crippen molar-refractivity contribution in [2.45, 2.75) is 12.6 Å². The Bertz CT molecular complexity index is 711. The minimum absolute atomic E-state index is 0.0401. The highest BCUT2D eigenvalue weighted by Crippen LogP contribution is 2.36. The first-order valence-corrected chi connectivity index (χ1v) is 8.08. The molecule has 24 heavy (non-hydrogen) atoms. The van der Waals surface area contributed by atoms with Crippen LogP contribution in [-0.4, -0.2) is 23.1 Å². The van der Waals surface area contributed by atoms with Gasteiger partial charge < -0.3 is 16.4 Å². The van der Waals surface area contributed by atoms with Crippen molar-refractivity contribution >= 4 is 45.0 Å². The van der Waals surface area contributed by atoms with Gasteiger partial charge >= 0.3 is 6.18 Å². The molecule has 0 spiro atoms. The Morgan fingerprint density at radius 1 is 1.29 bits per heavy atom. The summed E-state index contributed by atoms with van der Waals surface area (Å²) < 4.78 is 38.8. The number of hydrogen-bond donors (Lipinski definition) is 3. The van der Waals surface area contributed by atoms with Crippen molar-refractivity contribution in [2.75, 3.05) is 23.7 Å². The van der Waals surface area contributed by atoms with Gasteiger partial charge in [-0.25, -0.2) is 4.98 Å². The number of aromatic nitrogens is 2. The summed E-state index contributed by atoms with van der Waals surface area (Å²) in [7, 11) is 0. The zero-order valence-electron chi connectivity index (χ0n) is 12.3. The molecule has 0 unspecified atom stereocenters. The van der Waals surface area contributed by atoms with E-state index in [4.69, 9.17) is 17.3 Å². The molecular formula is C14H14BrClF3N5.